The van der Waals surface area contributed by atoms with Gasteiger partial charge in [0.05, 0.1) is 87.2 Å². The van der Waals surface area contributed by atoms with Crippen LogP contribution in [-0.4, -0.2) is 95.8 Å². The zero-order valence-electron chi connectivity index (χ0n) is 54.5. The van der Waals surface area contributed by atoms with Crippen LogP contribution in [0.2, 0.25) is 0 Å². The van der Waals surface area contributed by atoms with E-state index in [1.54, 1.807) is 25.1 Å². The molecule has 0 unspecified atom stereocenters. The number of anilines is 1. The number of rotatable bonds is 15. The number of aromatic carboxylic acids is 2. The molecule has 110 heavy (non-hydrogen) atoms. The molecule has 11 aromatic rings. The number of aryl methyl sites for hydroxylation is 1. The van der Waals surface area contributed by atoms with Gasteiger partial charge < -0.3 is 35.8 Å². The molecule has 6 heterocycles. The number of furan rings is 2. The van der Waals surface area contributed by atoms with Gasteiger partial charge in [-0.1, -0.05) is 18.2 Å². The number of nitrogens with zero attached hydrogens (tertiary/aromatic N) is 12. The summed E-state index contributed by atoms with van der Waals surface area (Å²) >= 11 is 0. The summed E-state index contributed by atoms with van der Waals surface area (Å²) in [6.45, 7) is 1.75. The van der Waals surface area contributed by atoms with Crippen molar-refractivity contribution in [2.75, 3.05) is 5.73 Å². The fourth-order valence-corrected chi connectivity index (χ4v) is 9.07. The summed E-state index contributed by atoms with van der Waals surface area (Å²) < 4.78 is 215. The van der Waals surface area contributed by atoms with E-state index in [1.165, 1.54) is 115 Å². The second kappa shape index (κ2) is 33.6. The third-order valence-corrected chi connectivity index (χ3v) is 14.2. The van der Waals surface area contributed by atoms with Gasteiger partial charge in [-0.2, -0.15) is 102 Å². The molecule has 6 aromatic heterocycles. The fraction of sp³-hybridized carbons (Fsp3) is 0.119. The first-order valence-electron chi connectivity index (χ1n) is 29.6. The largest absolute Gasteiger partial charge is 0.477 e. The highest BCUT2D eigenvalue weighted by Crippen LogP contribution is 2.40. The average Bonchev–Trinajstić information content (AvgIpc) is 1.63. The number of nitrogen functional groups attached to an aromatic ring is 1. The van der Waals surface area contributed by atoms with Crippen molar-refractivity contribution in [2.45, 2.75) is 50.8 Å². The van der Waals surface area contributed by atoms with Gasteiger partial charge in [0.1, 0.15) is 11.5 Å². The number of carboxylic acid groups (broad SMARTS) is 2. The number of nitrogens with two attached hydrogens (primary N) is 2. The van der Waals surface area contributed by atoms with Gasteiger partial charge in [-0.25, -0.2) is 32.7 Å². The average molecular weight is 1550 g/mol. The molecule has 0 radical (unpaired) electrons. The van der Waals surface area contributed by atoms with Crippen LogP contribution in [0.25, 0.3) is 34.2 Å². The SMILES string of the molecule is Cc1ccc(F)cc1C(=O)NCc1ccc(-n2nc(C(F)(F)F)c(N)c2C(N)=O)cc1.N#Cc1ccc(-n2nc(C(F)(F)F)c([N+](=O)[O-])c2C(=O)O)cc1.N#Cc1ccc(-n2nc(C(F)(F)F)cc2-c2ccco2)cc1.N#Cc1ccc(-n2nc(C(F)(F)F)cc2C(=O)O)cc1.O=C(CC(=O)C(F)(F)F)c1ccco1. The predicted octanol–water partition coefficient (Wildman–Crippen LogP) is 13.8. The molecule has 2 amide bonds. The lowest BCUT2D eigenvalue weighted by Gasteiger charge is -2.09. The number of aromatic nitrogens is 8. The van der Waals surface area contributed by atoms with E-state index in [9.17, 15) is 109 Å². The second-order valence-electron chi connectivity index (χ2n) is 21.6. The van der Waals surface area contributed by atoms with Crippen molar-refractivity contribution in [3.63, 3.8) is 0 Å². The third kappa shape index (κ3) is 20.4. The maximum Gasteiger partial charge on any atom is 0.450 e. The van der Waals surface area contributed by atoms with E-state index in [-0.39, 0.29) is 51.9 Å². The number of Topliss-reactive ketones (excluding diaryl/α,β-unsaturated/α-hetero) is 2. The number of hydrogen-bond donors (Lipinski definition) is 5. The first-order valence-corrected chi connectivity index (χ1v) is 29.6. The van der Waals surface area contributed by atoms with Crippen LogP contribution in [0.4, 0.5) is 81.6 Å². The zero-order valence-corrected chi connectivity index (χ0v) is 54.5. The van der Waals surface area contributed by atoms with Crippen LogP contribution >= 0.6 is 0 Å². The number of ketones is 2. The fourth-order valence-electron chi connectivity index (χ4n) is 9.07. The van der Waals surface area contributed by atoms with Crippen LogP contribution in [0.5, 0.6) is 0 Å². The van der Waals surface area contributed by atoms with Gasteiger partial charge in [0.15, 0.2) is 40.0 Å². The normalized spacial score (nSPS) is 11.3. The molecule has 0 aliphatic carbocycles. The van der Waals surface area contributed by atoms with Gasteiger partial charge in [0, 0.05) is 24.2 Å². The maximum atomic E-state index is 13.4. The summed E-state index contributed by atoms with van der Waals surface area (Å²) in [5.74, 6) is -8.68. The molecule has 27 nitrogen and oxygen atoms in total. The van der Waals surface area contributed by atoms with E-state index in [1.807, 2.05) is 12.1 Å². The Labute approximate surface area is 602 Å². The van der Waals surface area contributed by atoms with E-state index in [2.05, 4.69) is 30.1 Å². The summed E-state index contributed by atoms with van der Waals surface area (Å²) in [4.78, 5) is 76.8. The van der Waals surface area contributed by atoms with Crippen molar-refractivity contribution < 1.29 is 123 Å². The molecule has 0 aliphatic heterocycles. The monoisotopic (exact) mass is 1550 g/mol. The van der Waals surface area contributed by atoms with Crippen LogP contribution in [-0.2, 0) is 36.0 Å². The Hall–Kier alpha value is -14.7. The van der Waals surface area contributed by atoms with Crippen molar-refractivity contribution in [3.05, 3.63) is 259 Å². The lowest BCUT2D eigenvalue weighted by atomic mass is 10.1. The first-order chi connectivity index (χ1) is 51.4. The lowest BCUT2D eigenvalue weighted by Crippen LogP contribution is -2.25. The molecule has 0 aliphatic rings. The number of nitrogens with one attached hydrogen (secondary N) is 1. The Kier molecular flexibility index (Phi) is 25.2. The van der Waals surface area contributed by atoms with Crippen molar-refractivity contribution in [1.29, 1.82) is 15.8 Å². The summed E-state index contributed by atoms with van der Waals surface area (Å²) in [7, 11) is 0. The number of primary amides is 1. The molecule has 7 N–H and O–H groups in total. The van der Waals surface area contributed by atoms with Gasteiger partial charge in [-0.3, -0.25) is 29.3 Å². The molecule has 0 saturated heterocycles. The lowest BCUT2D eigenvalue weighted by molar-refractivity contribution is -0.388. The number of benzene rings is 5. The molecule has 0 fully saturated rings. The number of carbonyl (C=O) groups excluding carboxylic acids is 4. The predicted molar refractivity (Wildman–Crippen MR) is 341 cm³/mol. The van der Waals surface area contributed by atoms with E-state index in [4.69, 9.17) is 41.9 Å². The highest BCUT2D eigenvalue weighted by Gasteiger charge is 2.48. The zero-order chi connectivity index (χ0) is 81.7. The molecule has 5 aromatic carbocycles. The molecule has 43 heteroatoms. The summed E-state index contributed by atoms with van der Waals surface area (Å²) in [5, 5.41) is 70.9. The standard InChI is InChI=1S/C20H17F4N5O2.C15H8F3N3O.C12H5F3N4O4.C12H6F3N3O2.C8H5F3O3/c1-10-2-5-12(21)8-14(10)19(31)27-9-11-3-6-13(7-4-11)29-16(18(26)30)15(25)17(28-29)20(22,23)24;16-15(17,18)14-8-12(13-2-1-7-22-13)21(20-14)11-5-3-10(9-19)4-6-11;13-12(14,15)10-8(19(22)23)9(11(20)21)18(17-10)7-3-1-6(5-16)2-4-7;13-12(14,15)10-5-9(11(19)20)18(17-10)8-3-1-7(6-16)2-4-8;9-8(10,11)7(13)4-5(12)6-2-1-3-14-6/h2-8H,9,25H2,1H3,(H2,26,30)(H,27,31);1-8H;1-4H,(H,20,21);1-5H,(H,19,20);1-3H,4H2. The van der Waals surface area contributed by atoms with Gasteiger partial charge >= 0.3 is 48.5 Å². The smallest absolute Gasteiger partial charge is 0.450 e. The van der Waals surface area contributed by atoms with Crippen LogP contribution in [0.1, 0.15) is 109 Å². The molecule has 0 bridgehead atoms. The molecular formula is C67H41F16N15O12. The first kappa shape index (κ1) is 82.6. The van der Waals surface area contributed by atoms with Crippen molar-refractivity contribution in [1.82, 2.24) is 44.4 Å². The molecule has 568 valence electrons. The molecule has 11 rings (SSSR count). The Morgan fingerprint density at radius 2 is 1.02 bits per heavy atom. The third-order valence-electron chi connectivity index (χ3n) is 14.2. The number of hydrogen-bond acceptors (Lipinski definition) is 18. The van der Waals surface area contributed by atoms with Crippen LogP contribution in [0.15, 0.2) is 173 Å². The number of nitriles is 3. The molecule has 0 spiro atoms. The Balaban J connectivity index is 0.000000195. The summed E-state index contributed by atoms with van der Waals surface area (Å²) in [5.41, 5.74) is 2.98. The molecular weight excluding hydrogens is 1510 g/mol. The minimum atomic E-state index is -5.20. The quantitative estimate of drug-likeness (QED) is 0.0209. The molecule has 0 atom stereocenters. The number of alkyl halides is 15. The van der Waals surface area contributed by atoms with E-state index in [0.29, 0.717) is 43.4 Å². The highest BCUT2D eigenvalue weighted by molar-refractivity contribution is 6.08. The van der Waals surface area contributed by atoms with Gasteiger partial charge in [-0.15, -0.1) is 0 Å². The topological polar surface area (TPSA) is 419 Å². The van der Waals surface area contributed by atoms with Gasteiger partial charge in [0.2, 0.25) is 23.0 Å². The minimum Gasteiger partial charge on any atom is -0.477 e. The van der Waals surface area contributed by atoms with E-state index in [0.717, 1.165) is 39.9 Å². The summed E-state index contributed by atoms with van der Waals surface area (Å²) in [6.07, 6.45) is -23.0. The number of amides is 2. The summed E-state index contributed by atoms with van der Waals surface area (Å²) in [6, 6.07) is 38.4. The van der Waals surface area contributed by atoms with Crippen LogP contribution < -0.4 is 16.8 Å². The number of nitro groups is 1. The Morgan fingerprint density at radius 3 is 1.45 bits per heavy atom. The minimum absolute atomic E-state index is 0.0762. The van der Waals surface area contributed by atoms with Gasteiger partial charge in [0.25, 0.3) is 11.8 Å². The Bertz CT molecular complexity index is 5350. The van der Waals surface area contributed by atoms with Crippen molar-refractivity contribution in [2.24, 2.45) is 5.73 Å². The van der Waals surface area contributed by atoms with Gasteiger partial charge in [-0.05, 0) is 139 Å². The van der Waals surface area contributed by atoms with Crippen LogP contribution in [0, 0.1) is 56.8 Å². The maximum absolute atomic E-state index is 13.4. The highest BCUT2D eigenvalue weighted by atomic mass is 19.4. The number of halogens is 16. The van der Waals surface area contributed by atoms with E-state index < -0.39 is 135 Å². The second-order valence-corrected chi connectivity index (χ2v) is 21.6. The Morgan fingerprint density at radius 1 is 0.564 bits per heavy atom. The number of carbonyl (C=O) groups is 6. The van der Waals surface area contributed by atoms with Crippen molar-refractivity contribution >= 4 is 46.7 Å². The van der Waals surface area contributed by atoms with Crippen molar-refractivity contribution in [3.8, 4) is 52.4 Å². The van der Waals surface area contributed by atoms with Crippen LogP contribution in [0.3, 0.4) is 0 Å². The van der Waals surface area contributed by atoms with E-state index >= 15 is 0 Å². The molecule has 0 saturated carbocycles. The number of carboxylic acids is 2.